The van der Waals surface area contributed by atoms with Crippen LogP contribution in [0.5, 0.6) is 0 Å². The van der Waals surface area contributed by atoms with Crippen molar-refractivity contribution in [1.82, 2.24) is 0 Å². The molecule has 2 aromatic rings. The van der Waals surface area contributed by atoms with Gasteiger partial charge in [0.15, 0.2) is 5.78 Å². The van der Waals surface area contributed by atoms with Crippen molar-refractivity contribution in [1.29, 1.82) is 0 Å². The highest BCUT2D eigenvalue weighted by atomic mass is 32.2. The van der Waals surface area contributed by atoms with Crippen molar-refractivity contribution in [3.8, 4) is 0 Å². The van der Waals surface area contributed by atoms with Gasteiger partial charge in [-0.05, 0) is 18.1 Å². The number of aryl methyl sites for hydroxylation is 1. The molecule has 0 aromatic heterocycles. The van der Waals surface area contributed by atoms with E-state index in [1.54, 1.807) is 30.3 Å². The molecule has 7 heteroatoms. The predicted octanol–water partition coefficient (Wildman–Crippen LogP) is 2.25. The molecule has 0 fully saturated rings. The normalized spacial score (nSPS) is 11.9. The predicted molar refractivity (Wildman–Crippen MR) is 80.5 cm³/mol. The monoisotopic (exact) mass is 318 g/mol. The van der Waals surface area contributed by atoms with Gasteiger partial charge in [-0.15, -0.1) is 0 Å². The van der Waals surface area contributed by atoms with Crippen molar-refractivity contribution in [3.63, 3.8) is 0 Å². The fraction of sp³-hybridized carbons (Fsp3) is 0.133. The van der Waals surface area contributed by atoms with Crippen LogP contribution < -0.4 is 0 Å². The minimum absolute atomic E-state index is 0.0473. The van der Waals surface area contributed by atoms with Crippen LogP contribution in [0.3, 0.4) is 0 Å². The largest absolute Gasteiger partial charge is 0.772 e. The van der Waals surface area contributed by atoms with Gasteiger partial charge in [0.05, 0.1) is 4.92 Å². The van der Waals surface area contributed by atoms with E-state index < -0.39 is 16.0 Å². The van der Waals surface area contributed by atoms with Gasteiger partial charge in [0.25, 0.3) is 5.69 Å². The third kappa shape index (κ3) is 3.84. The average molecular weight is 318 g/mol. The molecule has 1 unspecified atom stereocenters. The summed E-state index contributed by atoms with van der Waals surface area (Å²) in [6, 6.07) is 12.3. The van der Waals surface area contributed by atoms with Gasteiger partial charge >= 0.3 is 0 Å². The molecule has 0 heterocycles. The number of non-ortho nitro benzene ring substituents is 1. The molecule has 0 saturated heterocycles. The second-order valence-corrected chi connectivity index (χ2v) is 5.57. The summed E-state index contributed by atoms with van der Waals surface area (Å²) in [6.07, 6.45) is 0.0473. The third-order valence-corrected chi connectivity index (χ3v) is 3.66. The molecule has 0 bridgehead atoms. The SMILES string of the molecule is O=C(c1ccccc1)c1ccc([N+](=O)[O-])cc1CCS(=O)[O-]. The molecule has 114 valence electrons. The lowest BCUT2D eigenvalue weighted by molar-refractivity contribution is -0.384. The highest BCUT2D eigenvalue weighted by Crippen LogP contribution is 2.21. The van der Waals surface area contributed by atoms with Crippen molar-refractivity contribution in [2.24, 2.45) is 0 Å². The number of hydrogen-bond acceptors (Lipinski definition) is 5. The summed E-state index contributed by atoms with van der Waals surface area (Å²) >= 11 is -2.28. The van der Waals surface area contributed by atoms with E-state index in [-0.39, 0.29) is 29.2 Å². The van der Waals surface area contributed by atoms with Crippen molar-refractivity contribution in [2.75, 3.05) is 5.75 Å². The second kappa shape index (κ2) is 7.06. The lowest BCUT2D eigenvalue weighted by atomic mass is 9.96. The highest BCUT2D eigenvalue weighted by molar-refractivity contribution is 7.79. The zero-order valence-corrected chi connectivity index (χ0v) is 12.2. The highest BCUT2D eigenvalue weighted by Gasteiger charge is 2.17. The van der Waals surface area contributed by atoms with Crippen molar-refractivity contribution in [3.05, 3.63) is 75.3 Å². The molecular formula is C15H12NO5S-. The average Bonchev–Trinajstić information content (AvgIpc) is 2.52. The number of nitrogens with zero attached hydrogens (tertiary/aromatic N) is 1. The minimum atomic E-state index is -2.28. The number of carbonyl (C=O) groups excluding carboxylic acids is 1. The molecule has 22 heavy (non-hydrogen) atoms. The van der Waals surface area contributed by atoms with Crippen LogP contribution in [0.25, 0.3) is 0 Å². The van der Waals surface area contributed by atoms with Gasteiger partial charge in [-0.2, -0.15) is 0 Å². The molecule has 0 radical (unpaired) electrons. The zero-order valence-electron chi connectivity index (χ0n) is 11.4. The summed E-state index contributed by atoms with van der Waals surface area (Å²) in [5, 5.41) is 10.8. The molecule has 0 aliphatic carbocycles. The summed E-state index contributed by atoms with van der Waals surface area (Å²) in [5.41, 5.74) is 0.909. The molecule has 0 amide bonds. The van der Waals surface area contributed by atoms with E-state index in [0.717, 1.165) is 0 Å². The van der Waals surface area contributed by atoms with Crippen LogP contribution in [-0.4, -0.2) is 25.2 Å². The van der Waals surface area contributed by atoms with E-state index in [1.807, 2.05) is 0 Å². The molecular weight excluding hydrogens is 306 g/mol. The molecule has 6 nitrogen and oxygen atoms in total. The standard InChI is InChI=1S/C15H13NO5S/c17-15(11-4-2-1-3-5-11)14-7-6-13(16(18)19)10-12(14)8-9-22(20)21/h1-7,10H,8-9H2,(H,20,21)/p-1. The smallest absolute Gasteiger partial charge is 0.269 e. The first-order chi connectivity index (χ1) is 10.5. The van der Waals surface area contributed by atoms with Crippen molar-refractivity contribution >= 4 is 22.6 Å². The molecule has 0 aliphatic heterocycles. The van der Waals surface area contributed by atoms with E-state index in [0.29, 0.717) is 11.1 Å². The lowest BCUT2D eigenvalue weighted by Crippen LogP contribution is -2.09. The van der Waals surface area contributed by atoms with E-state index in [4.69, 9.17) is 0 Å². The van der Waals surface area contributed by atoms with Crippen molar-refractivity contribution in [2.45, 2.75) is 6.42 Å². The van der Waals surface area contributed by atoms with Gasteiger partial charge in [0.2, 0.25) is 0 Å². The molecule has 2 aromatic carbocycles. The Morgan fingerprint density at radius 2 is 1.82 bits per heavy atom. The zero-order chi connectivity index (χ0) is 16.1. The maximum absolute atomic E-state index is 12.5. The van der Waals surface area contributed by atoms with Crippen LogP contribution in [0.4, 0.5) is 5.69 Å². The summed E-state index contributed by atoms with van der Waals surface area (Å²) < 4.78 is 21.4. The summed E-state index contributed by atoms with van der Waals surface area (Å²) in [7, 11) is 0. The first-order valence-corrected chi connectivity index (χ1v) is 7.66. The molecule has 1 atom stereocenters. The Labute approximate surface area is 129 Å². The quantitative estimate of drug-likeness (QED) is 0.352. The number of benzene rings is 2. The molecule has 0 N–H and O–H groups in total. The summed E-state index contributed by atoms with van der Waals surface area (Å²) in [4.78, 5) is 22.7. The summed E-state index contributed by atoms with van der Waals surface area (Å²) in [5.74, 6) is -0.488. The topological polar surface area (TPSA) is 100 Å². The fourth-order valence-electron chi connectivity index (χ4n) is 2.06. The molecule has 0 saturated carbocycles. The molecule has 2 rings (SSSR count). The number of hydrogen-bond donors (Lipinski definition) is 0. The lowest BCUT2D eigenvalue weighted by Gasteiger charge is -2.10. The number of carbonyl (C=O) groups is 1. The first kappa shape index (κ1) is 16.0. The first-order valence-electron chi connectivity index (χ1n) is 6.42. The van der Waals surface area contributed by atoms with Gasteiger partial charge in [-0.1, -0.05) is 41.4 Å². The van der Waals surface area contributed by atoms with E-state index in [2.05, 4.69) is 0 Å². The number of ketones is 1. The van der Waals surface area contributed by atoms with Crippen LogP contribution in [0, 0.1) is 10.1 Å². The van der Waals surface area contributed by atoms with Crippen LogP contribution in [-0.2, 0) is 17.5 Å². The number of nitro benzene ring substituents is 1. The maximum Gasteiger partial charge on any atom is 0.269 e. The van der Waals surface area contributed by atoms with E-state index in [9.17, 15) is 23.7 Å². The van der Waals surface area contributed by atoms with Crippen LogP contribution in [0.2, 0.25) is 0 Å². The Kier molecular flexibility index (Phi) is 5.13. The minimum Gasteiger partial charge on any atom is -0.772 e. The Morgan fingerprint density at radius 1 is 1.14 bits per heavy atom. The van der Waals surface area contributed by atoms with E-state index in [1.165, 1.54) is 18.2 Å². The van der Waals surface area contributed by atoms with Crippen LogP contribution in [0.15, 0.2) is 48.5 Å². The fourth-order valence-corrected chi connectivity index (χ4v) is 2.45. The van der Waals surface area contributed by atoms with Crippen molar-refractivity contribution < 1.29 is 18.5 Å². The van der Waals surface area contributed by atoms with Crippen LogP contribution >= 0.6 is 0 Å². The summed E-state index contributed by atoms with van der Waals surface area (Å²) in [6.45, 7) is 0. The second-order valence-electron chi connectivity index (χ2n) is 4.55. The Bertz CT molecular complexity index is 730. The van der Waals surface area contributed by atoms with Gasteiger partial charge in [0, 0.05) is 29.0 Å². The Morgan fingerprint density at radius 3 is 2.41 bits per heavy atom. The van der Waals surface area contributed by atoms with Gasteiger partial charge in [-0.25, -0.2) is 0 Å². The molecule has 0 spiro atoms. The third-order valence-electron chi connectivity index (χ3n) is 3.12. The van der Waals surface area contributed by atoms with Crippen LogP contribution in [0.1, 0.15) is 21.5 Å². The van der Waals surface area contributed by atoms with Gasteiger partial charge in [0.1, 0.15) is 0 Å². The maximum atomic E-state index is 12.5. The molecule has 0 aliphatic rings. The number of rotatable bonds is 6. The van der Waals surface area contributed by atoms with Gasteiger partial charge < -0.3 is 4.55 Å². The number of nitro groups is 1. The Hall–Kier alpha value is -2.38. The van der Waals surface area contributed by atoms with E-state index >= 15 is 0 Å². The Balaban J connectivity index is 2.42. The van der Waals surface area contributed by atoms with Gasteiger partial charge in [-0.3, -0.25) is 19.1 Å².